The smallest absolute Gasteiger partial charge is 0.282 e. The molecular weight excluding hydrogens is 495 g/mol. The molecular formula is C23H15FN4O5S2. The molecule has 176 valence electrons. The molecule has 0 spiro atoms. The number of carbonyl (C=O) groups is 2. The first-order chi connectivity index (χ1) is 16.8. The Morgan fingerprint density at radius 2 is 1.89 bits per heavy atom. The first-order valence-corrected chi connectivity index (χ1v) is 12.4. The highest BCUT2D eigenvalue weighted by molar-refractivity contribution is 7.93. The third kappa shape index (κ3) is 4.56. The molecule has 1 saturated heterocycles. The molecule has 0 aliphatic carbocycles. The molecule has 1 aliphatic rings. The van der Waals surface area contributed by atoms with Crippen LogP contribution in [0, 0.1) is 5.82 Å². The van der Waals surface area contributed by atoms with Gasteiger partial charge in [-0.1, -0.05) is 6.07 Å². The van der Waals surface area contributed by atoms with Crippen molar-refractivity contribution in [3.8, 4) is 11.3 Å². The molecule has 0 bridgehead atoms. The summed E-state index contributed by atoms with van der Waals surface area (Å²) >= 11 is 1.17. The van der Waals surface area contributed by atoms with Crippen LogP contribution in [0.4, 0.5) is 15.2 Å². The average molecular weight is 511 g/mol. The van der Waals surface area contributed by atoms with E-state index in [1.807, 2.05) is 0 Å². The number of aromatic nitrogens is 1. The van der Waals surface area contributed by atoms with E-state index in [9.17, 15) is 22.4 Å². The van der Waals surface area contributed by atoms with E-state index in [4.69, 9.17) is 4.42 Å². The zero-order chi connectivity index (χ0) is 24.6. The fraction of sp³-hybridized carbons (Fsp3) is 0. The van der Waals surface area contributed by atoms with Crippen LogP contribution in [0.25, 0.3) is 17.4 Å². The van der Waals surface area contributed by atoms with E-state index in [0.717, 1.165) is 11.1 Å². The van der Waals surface area contributed by atoms with E-state index in [1.54, 1.807) is 29.6 Å². The van der Waals surface area contributed by atoms with Crippen molar-refractivity contribution in [2.24, 2.45) is 0 Å². The van der Waals surface area contributed by atoms with Gasteiger partial charge in [-0.2, -0.15) is 0 Å². The second-order valence-corrected chi connectivity index (χ2v) is 9.87. The number of anilines is 2. The Balaban J connectivity index is 1.34. The van der Waals surface area contributed by atoms with Crippen molar-refractivity contribution < 1.29 is 26.8 Å². The molecule has 0 unspecified atom stereocenters. The second-order valence-electron chi connectivity index (χ2n) is 7.29. The Hall–Kier alpha value is -4.29. The largest absolute Gasteiger partial charge is 0.457 e. The van der Waals surface area contributed by atoms with E-state index >= 15 is 0 Å². The summed E-state index contributed by atoms with van der Waals surface area (Å²) in [4.78, 5) is 29.0. The number of hydrazine groups is 1. The third-order valence-corrected chi connectivity index (χ3v) is 7.15. The van der Waals surface area contributed by atoms with Crippen molar-refractivity contribution in [1.29, 1.82) is 0 Å². The highest BCUT2D eigenvalue weighted by atomic mass is 32.2. The van der Waals surface area contributed by atoms with Gasteiger partial charge in [-0.25, -0.2) is 22.8 Å². The summed E-state index contributed by atoms with van der Waals surface area (Å²) in [6, 6.07) is 14.5. The molecule has 4 aromatic rings. The summed E-state index contributed by atoms with van der Waals surface area (Å²) < 4.78 is 46.6. The number of hydrogen-bond acceptors (Lipinski definition) is 7. The minimum atomic E-state index is -3.79. The zero-order valence-corrected chi connectivity index (χ0v) is 19.3. The minimum Gasteiger partial charge on any atom is -0.457 e. The van der Waals surface area contributed by atoms with Gasteiger partial charge in [-0.3, -0.25) is 19.7 Å². The number of sulfonamides is 1. The van der Waals surface area contributed by atoms with Crippen LogP contribution in [-0.4, -0.2) is 25.2 Å². The van der Waals surface area contributed by atoms with Crippen molar-refractivity contribution in [2.45, 2.75) is 4.90 Å². The number of carbonyl (C=O) groups excluding carboxylic acids is 2. The zero-order valence-electron chi connectivity index (χ0n) is 17.6. The predicted molar refractivity (Wildman–Crippen MR) is 127 cm³/mol. The molecule has 12 heteroatoms. The SMILES string of the molecule is O=C1NN(c2cccc(F)c2)C(=O)C1=Cc1ccc(-c2ccc(S(=O)(=O)Nc3nccs3)cc2)o1. The lowest BCUT2D eigenvalue weighted by Crippen LogP contribution is -2.35. The quantitative estimate of drug-likeness (QED) is 0.301. The summed E-state index contributed by atoms with van der Waals surface area (Å²) in [6.45, 7) is 0. The lowest BCUT2D eigenvalue weighted by atomic mass is 10.2. The molecule has 2 N–H and O–H groups in total. The molecule has 2 amide bonds. The molecule has 2 aromatic carbocycles. The Labute approximate surface area is 202 Å². The number of halogens is 1. The molecule has 1 fully saturated rings. The van der Waals surface area contributed by atoms with Crippen LogP contribution in [0.1, 0.15) is 5.76 Å². The number of hydrogen-bond donors (Lipinski definition) is 2. The summed E-state index contributed by atoms with van der Waals surface area (Å²) in [5.41, 5.74) is 2.99. The van der Waals surface area contributed by atoms with Crippen LogP contribution in [0.15, 0.2) is 87.1 Å². The second kappa shape index (κ2) is 8.81. The Bertz CT molecular complexity index is 1560. The van der Waals surface area contributed by atoms with Crippen molar-refractivity contribution >= 4 is 50.1 Å². The van der Waals surface area contributed by atoms with Crippen LogP contribution in [0.2, 0.25) is 0 Å². The number of thiazole rings is 1. The first-order valence-electron chi connectivity index (χ1n) is 10.1. The van der Waals surface area contributed by atoms with Gasteiger partial charge in [-0.15, -0.1) is 11.3 Å². The Morgan fingerprint density at radius 3 is 2.60 bits per heavy atom. The number of benzene rings is 2. The maximum Gasteiger partial charge on any atom is 0.282 e. The van der Waals surface area contributed by atoms with Gasteiger partial charge in [0, 0.05) is 17.1 Å². The molecule has 0 atom stereocenters. The van der Waals surface area contributed by atoms with Crippen LogP contribution in [-0.2, 0) is 19.6 Å². The Kier molecular flexibility index (Phi) is 5.67. The van der Waals surface area contributed by atoms with E-state index in [2.05, 4.69) is 15.1 Å². The molecule has 0 radical (unpaired) electrons. The van der Waals surface area contributed by atoms with Crippen molar-refractivity contribution in [3.05, 3.63) is 89.4 Å². The molecule has 0 saturated carbocycles. The van der Waals surface area contributed by atoms with Crippen LogP contribution >= 0.6 is 11.3 Å². The van der Waals surface area contributed by atoms with Crippen molar-refractivity contribution in [3.63, 3.8) is 0 Å². The molecule has 1 aliphatic heterocycles. The summed E-state index contributed by atoms with van der Waals surface area (Å²) in [5.74, 6) is -1.21. The standard InChI is InChI=1S/C23H15FN4O5S2/c24-15-2-1-3-16(12-15)28-22(30)19(21(29)26-28)13-17-6-9-20(33-17)14-4-7-18(8-5-14)35(31,32)27-23-25-10-11-34-23/h1-13H,(H,25,27)(H,26,29). The van der Waals surface area contributed by atoms with Gasteiger partial charge in [0.2, 0.25) is 0 Å². The van der Waals surface area contributed by atoms with Gasteiger partial charge in [0.25, 0.3) is 21.8 Å². The maximum absolute atomic E-state index is 13.5. The Morgan fingerprint density at radius 1 is 1.09 bits per heavy atom. The summed E-state index contributed by atoms with van der Waals surface area (Å²) in [6.07, 6.45) is 2.79. The van der Waals surface area contributed by atoms with Crippen LogP contribution in [0.5, 0.6) is 0 Å². The highest BCUT2D eigenvalue weighted by Gasteiger charge is 2.35. The number of amides is 2. The van der Waals surface area contributed by atoms with Gasteiger partial charge in [0.15, 0.2) is 5.13 Å². The summed E-state index contributed by atoms with van der Waals surface area (Å²) in [7, 11) is -3.79. The van der Waals surface area contributed by atoms with Gasteiger partial charge in [0.1, 0.15) is 22.9 Å². The van der Waals surface area contributed by atoms with E-state index in [-0.39, 0.29) is 27.0 Å². The average Bonchev–Trinajstić information content (AvgIpc) is 3.57. The highest BCUT2D eigenvalue weighted by Crippen LogP contribution is 2.27. The van der Waals surface area contributed by atoms with Crippen molar-refractivity contribution in [1.82, 2.24) is 10.4 Å². The van der Waals surface area contributed by atoms with Gasteiger partial charge in [-0.05, 0) is 60.7 Å². The number of nitrogens with one attached hydrogen (secondary N) is 2. The van der Waals surface area contributed by atoms with Crippen LogP contribution < -0.4 is 15.2 Å². The fourth-order valence-corrected chi connectivity index (χ4v) is 5.12. The third-order valence-electron chi connectivity index (χ3n) is 4.97. The molecule has 9 nitrogen and oxygen atoms in total. The normalized spacial score (nSPS) is 15.0. The first kappa shape index (κ1) is 22.5. The fourth-order valence-electron chi connectivity index (χ4n) is 3.33. The lowest BCUT2D eigenvalue weighted by molar-refractivity contribution is -0.117. The molecule has 3 heterocycles. The molecule has 35 heavy (non-hydrogen) atoms. The van der Waals surface area contributed by atoms with Gasteiger partial charge in [0.05, 0.1) is 10.6 Å². The monoisotopic (exact) mass is 510 g/mol. The number of furan rings is 1. The van der Waals surface area contributed by atoms with Crippen molar-refractivity contribution in [2.75, 3.05) is 9.73 Å². The minimum absolute atomic E-state index is 0.0519. The molecule has 2 aromatic heterocycles. The van der Waals surface area contributed by atoms with Gasteiger partial charge < -0.3 is 4.42 Å². The maximum atomic E-state index is 13.5. The number of rotatable bonds is 6. The molecule has 5 rings (SSSR count). The van der Waals surface area contributed by atoms with E-state index in [1.165, 1.54) is 53.9 Å². The van der Waals surface area contributed by atoms with E-state index in [0.29, 0.717) is 11.3 Å². The summed E-state index contributed by atoms with van der Waals surface area (Å²) in [5, 5.41) is 2.88. The lowest BCUT2D eigenvalue weighted by Gasteiger charge is -2.14. The van der Waals surface area contributed by atoms with Gasteiger partial charge >= 0.3 is 0 Å². The van der Waals surface area contributed by atoms with Crippen LogP contribution in [0.3, 0.4) is 0 Å². The number of nitrogens with zero attached hydrogens (tertiary/aromatic N) is 2. The van der Waals surface area contributed by atoms with E-state index < -0.39 is 27.7 Å². The predicted octanol–water partition coefficient (Wildman–Crippen LogP) is 3.80. The topological polar surface area (TPSA) is 122 Å².